The first kappa shape index (κ1) is 31.2. The van der Waals surface area contributed by atoms with E-state index in [2.05, 4.69) is 20.0 Å². The summed E-state index contributed by atoms with van der Waals surface area (Å²) in [6, 6.07) is 16.8. The first-order valence-corrected chi connectivity index (χ1v) is 15.8. The summed E-state index contributed by atoms with van der Waals surface area (Å²) in [5.41, 5.74) is 9.67. The molecule has 2 amide bonds. The molecule has 0 unspecified atom stereocenters. The molecular formula is C33H37ClN8O4. The molecule has 4 heterocycles. The largest absolute Gasteiger partial charge is 0.436 e. The van der Waals surface area contributed by atoms with Gasteiger partial charge in [0.15, 0.2) is 11.9 Å². The zero-order valence-electron chi connectivity index (χ0n) is 25.6. The second-order valence-electron chi connectivity index (χ2n) is 11.7. The Balaban J connectivity index is 1.12. The molecule has 0 saturated carbocycles. The summed E-state index contributed by atoms with van der Waals surface area (Å²) in [5, 5.41) is 4.92. The topological polar surface area (TPSA) is 143 Å². The number of H-pyrrole nitrogens is 1. The van der Waals surface area contributed by atoms with E-state index in [1.54, 1.807) is 28.3 Å². The Hall–Kier alpha value is -4.84. The van der Waals surface area contributed by atoms with Crippen molar-refractivity contribution >= 4 is 35.0 Å². The molecule has 2 saturated heterocycles. The number of hydrogen-bond acceptors (Lipinski definition) is 8. The predicted molar refractivity (Wildman–Crippen MR) is 176 cm³/mol. The Morgan fingerprint density at radius 2 is 1.70 bits per heavy atom. The lowest BCUT2D eigenvalue weighted by molar-refractivity contribution is -0.141. The first-order valence-electron chi connectivity index (χ1n) is 15.4. The molecule has 46 heavy (non-hydrogen) atoms. The van der Waals surface area contributed by atoms with Gasteiger partial charge in [0.25, 0.3) is 5.91 Å². The van der Waals surface area contributed by atoms with Gasteiger partial charge in [-0.15, -0.1) is 5.10 Å². The van der Waals surface area contributed by atoms with Crippen LogP contribution in [0, 0.1) is 6.92 Å². The standard InChI is InChI=1S/C33H37ClN8O4/c1-22-19-23(20-27(34)29(22)35)21-28(31(43)40-17-15-39(16-18-40)25-7-11-36-12-8-25)46-33(45)41-13-9-26(10-14-41)42-32(44)37-30(38-42)24-5-3-2-4-6-24/h2-8,11-12,19-20,26,28H,9-10,13-18,21,35H2,1H3,(H,37,38,44)/t28-/m1/s1. The maximum Gasteiger partial charge on any atom is 0.410 e. The van der Waals surface area contributed by atoms with Gasteiger partial charge in [-0.3, -0.25) is 14.8 Å². The summed E-state index contributed by atoms with van der Waals surface area (Å²) in [5.74, 6) is 0.258. The number of aromatic nitrogens is 4. The number of anilines is 2. The lowest BCUT2D eigenvalue weighted by Gasteiger charge is -2.38. The minimum atomic E-state index is -1.04. The normalized spacial score (nSPS) is 16.3. The zero-order chi connectivity index (χ0) is 32.2. The number of piperazine rings is 1. The third-order valence-corrected chi connectivity index (χ3v) is 9.02. The van der Waals surface area contributed by atoms with E-state index in [1.807, 2.05) is 55.5 Å². The van der Waals surface area contributed by atoms with E-state index < -0.39 is 12.2 Å². The number of nitrogens with one attached hydrogen (secondary N) is 1. The SMILES string of the molecule is Cc1cc(C[C@@H](OC(=O)N2CCC(n3nc(-c4ccccc4)[nH]c3=O)CC2)C(=O)N2CCN(c3ccncc3)CC2)cc(Cl)c1N. The second kappa shape index (κ2) is 13.7. The Bertz CT molecular complexity index is 1710. The van der Waals surface area contributed by atoms with Gasteiger partial charge in [-0.1, -0.05) is 48.0 Å². The number of carbonyl (C=O) groups excluding carboxylic acids is 2. The molecular weight excluding hydrogens is 608 g/mol. The van der Waals surface area contributed by atoms with E-state index >= 15 is 0 Å². The van der Waals surface area contributed by atoms with Crippen LogP contribution in [0.15, 0.2) is 71.8 Å². The summed E-state index contributed by atoms with van der Waals surface area (Å²) in [6.07, 6.45) is 3.11. The van der Waals surface area contributed by atoms with E-state index in [0.29, 0.717) is 68.6 Å². The molecule has 2 aliphatic heterocycles. The molecule has 0 aliphatic carbocycles. The number of ether oxygens (including phenoxy) is 1. The highest BCUT2D eigenvalue weighted by Crippen LogP contribution is 2.27. The fourth-order valence-electron chi connectivity index (χ4n) is 6.08. The average molecular weight is 645 g/mol. The van der Waals surface area contributed by atoms with Crippen LogP contribution in [-0.2, 0) is 16.0 Å². The Kier molecular flexibility index (Phi) is 9.25. The number of aromatic amines is 1. The number of halogens is 1. The van der Waals surface area contributed by atoms with Crippen molar-refractivity contribution in [3.63, 3.8) is 0 Å². The predicted octanol–water partition coefficient (Wildman–Crippen LogP) is 3.91. The number of aryl methyl sites for hydroxylation is 1. The number of amides is 2. The van der Waals surface area contributed by atoms with Crippen molar-refractivity contribution in [2.75, 3.05) is 49.9 Å². The Morgan fingerprint density at radius 3 is 2.37 bits per heavy atom. The molecule has 4 aromatic rings. The summed E-state index contributed by atoms with van der Waals surface area (Å²) in [7, 11) is 0. The number of hydrogen-bond donors (Lipinski definition) is 2. The van der Waals surface area contributed by atoms with E-state index in [1.165, 1.54) is 4.68 Å². The molecule has 3 N–H and O–H groups in total. The van der Waals surface area contributed by atoms with Crippen molar-refractivity contribution < 1.29 is 14.3 Å². The van der Waals surface area contributed by atoms with Crippen molar-refractivity contribution in [3.8, 4) is 11.4 Å². The van der Waals surface area contributed by atoms with Crippen LogP contribution in [0.5, 0.6) is 0 Å². The first-order chi connectivity index (χ1) is 22.3. The molecule has 240 valence electrons. The zero-order valence-corrected chi connectivity index (χ0v) is 26.4. The van der Waals surface area contributed by atoms with Crippen LogP contribution >= 0.6 is 11.6 Å². The quantitative estimate of drug-likeness (QED) is 0.288. The van der Waals surface area contributed by atoms with E-state index in [4.69, 9.17) is 22.1 Å². The lowest BCUT2D eigenvalue weighted by Crippen LogP contribution is -2.53. The Labute approximate surface area is 271 Å². The van der Waals surface area contributed by atoms with Gasteiger partial charge in [0.1, 0.15) is 0 Å². The minimum absolute atomic E-state index is 0.164. The van der Waals surface area contributed by atoms with Crippen molar-refractivity contribution in [2.45, 2.75) is 38.3 Å². The van der Waals surface area contributed by atoms with Gasteiger partial charge >= 0.3 is 11.8 Å². The van der Waals surface area contributed by atoms with Gasteiger partial charge < -0.3 is 25.2 Å². The van der Waals surface area contributed by atoms with Crippen LogP contribution in [0.25, 0.3) is 11.4 Å². The highest BCUT2D eigenvalue weighted by atomic mass is 35.5. The van der Waals surface area contributed by atoms with E-state index in [9.17, 15) is 14.4 Å². The van der Waals surface area contributed by atoms with Crippen molar-refractivity contribution in [1.29, 1.82) is 0 Å². The number of nitrogens with two attached hydrogens (primary N) is 1. The molecule has 2 aromatic carbocycles. The molecule has 0 bridgehead atoms. The van der Waals surface area contributed by atoms with Gasteiger partial charge in [-0.2, -0.15) is 0 Å². The van der Waals surface area contributed by atoms with Gasteiger partial charge in [0, 0.05) is 69.3 Å². The number of benzene rings is 2. The Morgan fingerprint density at radius 1 is 1.00 bits per heavy atom. The van der Waals surface area contributed by atoms with Crippen LogP contribution in [0.3, 0.4) is 0 Å². The number of nitrogen functional groups attached to an aromatic ring is 1. The van der Waals surface area contributed by atoms with Crippen LogP contribution in [0.1, 0.15) is 30.0 Å². The molecule has 2 aromatic heterocycles. The van der Waals surface area contributed by atoms with E-state index in [0.717, 1.165) is 22.4 Å². The molecule has 0 spiro atoms. The number of pyridine rings is 1. The number of likely N-dealkylation sites (tertiary alicyclic amines) is 1. The molecule has 1 atom stereocenters. The molecule has 13 heteroatoms. The van der Waals surface area contributed by atoms with Crippen LogP contribution in [0.2, 0.25) is 5.02 Å². The summed E-state index contributed by atoms with van der Waals surface area (Å²) >= 11 is 6.37. The molecule has 12 nitrogen and oxygen atoms in total. The van der Waals surface area contributed by atoms with Crippen LogP contribution in [-0.4, -0.2) is 86.9 Å². The third-order valence-electron chi connectivity index (χ3n) is 8.71. The smallest absolute Gasteiger partial charge is 0.410 e. The number of rotatable bonds is 7. The summed E-state index contributed by atoms with van der Waals surface area (Å²) in [4.78, 5) is 52.6. The molecule has 0 radical (unpaired) electrons. The molecule has 2 aliphatic rings. The average Bonchev–Trinajstić information content (AvgIpc) is 3.48. The fourth-order valence-corrected chi connectivity index (χ4v) is 6.37. The van der Waals surface area contributed by atoms with E-state index in [-0.39, 0.29) is 24.1 Å². The lowest BCUT2D eigenvalue weighted by atomic mass is 10.0. The summed E-state index contributed by atoms with van der Waals surface area (Å²) in [6.45, 7) is 4.86. The number of nitrogens with zero attached hydrogens (tertiary/aromatic N) is 6. The highest BCUT2D eigenvalue weighted by molar-refractivity contribution is 6.33. The number of piperidine rings is 1. The maximum absolute atomic E-state index is 13.9. The van der Waals surface area contributed by atoms with Crippen molar-refractivity contribution in [2.24, 2.45) is 0 Å². The molecule has 6 rings (SSSR count). The monoisotopic (exact) mass is 644 g/mol. The van der Waals surface area contributed by atoms with Crippen LogP contribution < -0.4 is 16.3 Å². The highest BCUT2D eigenvalue weighted by Gasteiger charge is 2.34. The summed E-state index contributed by atoms with van der Waals surface area (Å²) < 4.78 is 7.43. The third kappa shape index (κ3) is 6.86. The fraction of sp³-hybridized carbons (Fsp3) is 0.364. The number of carbonyl (C=O) groups is 2. The van der Waals surface area contributed by atoms with Crippen molar-refractivity contribution in [3.05, 3.63) is 93.6 Å². The van der Waals surface area contributed by atoms with Gasteiger partial charge in [-0.05, 0) is 49.1 Å². The molecule has 2 fully saturated rings. The van der Waals surface area contributed by atoms with Gasteiger partial charge in [0.05, 0.1) is 16.8 Å². The van der Waals surface area contributed by atoms with Gasteiger partial charge in [-0.25, -0.2) is 14.3 Å². The van der Waals surface area contributed by atoms with Crippen molar-refractivity contribution in [1.82, 2.24) is 29.5 Å². The maximum atomic E-state index is 13.9. The minimum Gasteiger partial charge on any atom is -0.436 e. The van der Waals surface area contributed by atoms with Gasteiger partial charge in [0.2, 0.25) is 0 Å². The second-order valence-corrected chi connectivity index (χ2v) is 12.1. The van der Waals surface area contributed by atoms with Crippen LogP contribution in [0.4, 0.5) is 16.2 Å².